The first-order valence-corrected chi connectivity index (χ1v) is 11.2. The average molecular weight is 433 g/mol. The lowest BCUT2D eigenvalue weighted by Gasteiger charge is -2.42. The zero-order chi connectivity index (χ0) is 21.1. The molecule has 3 aliphatic heterocycles. The molecule has 1 N–H and O–H groups in total. The summed E-state index contributed by atoms with van der Waals surface area (Å²) < 4.78 is 0. The summed E-state index contributed by atoms with van der Waals surface area (Å²) in [5.41, 5.74) is -0.234. The first kappa shape index (κ1) is 21.1. The highest BCUT2D eigenvalue weighted by atomic mass is 35.5. The van der Waals surface area contributed by atoms with Crippen LogP contribution in [0.2, 0.25) is 5.02 Å². The van der Waals surface area contributed by atoms with Crippen LogP contribution in [0, 0.1) is 0 Å². The lowest BCUT2D eigenvalue weighted by atomic mass is 9.85. The molecule has 0 unspecified atom stereocenters. The molecule has 8 heteroatoms. The molecule has 3 heterocycles. The Morgan fingerprint density at radius 3 is 2.37 bits per heavy atom. The fourth-order valence-electron chi connectivity index (χ4n) is 4.86. The molecule has 0 bridgehead atoms. The molecule has 30 heavy (non-hydrogen) atoms. The van der Waals surface area contributed by atoms with Crippen LogP contribution in [-0.4, -0.2) is 77.4 Å². The summed E-state index contributed by atoms with van der Waals surface area (Å²) in [6, 6.07) is 6.83. The number of piperidine rings is 1. The van der Waals surface area contributed by atoms with E-state index in [0.29, 0.717) is 42.9 Å². The number of amides is 3. The van der Waals surface area contributed by atoms with Crippen LogP contribution in [0.5, 0.6) is 0 Å². The number of carbonyl (C=O) groups excluding carboxylic acids is 3. The number of halogens is 1. The van der Waals surface area contributed by atoms with E-state index in [1.807, 2.05) is 0 Å². The summed E-state index contributed by atoms with van der Waals surface area (Å²) in [7, 11) is 0. The third kappa shape index (κ3) is 4.18. The summed E-state index contributed by atoms with van der Waals surface area (Å²) in [5.74, 6) is -0.123. The molecular weight excluding hydrogens is 404 g/mol. The summed E-state index contributed by atoms with van der Waals surface area (Å²) >= 11 is 5.91. The molecule has 1 aromatic carbocycles. The topological polar surface area (TPSA) is 73.0 Å². The molecule has 7 nitrogen and oxygen atoms in total. The molecule has 4 rings (SSSR count). The minimum Gasteiger partial charge on any atom is -0.338 e. The second kappa shape index (κ2) is 8.94. The third-order valence-corrected chi connectivity index (χ3v) is 6.92. The lowest BCUT2D eigenvalue weighted by Crippen LogP contribution is -2.58. The Morgan fingerprint density at radius 1 is 1.03 bits per heavy atom. The van der Waals surface area contributed by atoms with Gasteiger partial charge in [0.15, 0.2) is 0 Å². The fraction of sp³-hybridized carbons (Fsp3) is 0.591. The van der Waals surface area contributed by atoms with Gasteiger partial charge in [0.2, 0.25) is 11.8 Å². The molecule has 3 fully saturated rings. The third-order valence-electron chi connectivity index (χ3n) is 6.67. The molecular formula is C22H29ClN4O3. The highest BCUT2D eigenvalue weighted by Crippen LogP contribution is 2.33. The highest BCUT2D eigenvalue weighted by molar-refractivity contribution is 6.30. The molecule has 162 valence electrons. The van der Waals surface area contributed by atoms with E-state index in [1.54, 1.807) is 34.1 Å². The normalized spacial score (nSPS) is 21.3. The monoisotopic (exact) mass is 432 g/mol. The Balaban J connectivity index is 1.35. The molecule has 0 atom stereocenters. The van der Waals surface area contributed by atoms with Crippen LogP contribution in [0.3, 0.4) is 0 Å². The quantitative estimate of drug-likeness (QED) is 0.773. The van der Waals surface area contributed by atoms with E-state index in [1.165, 1.54) is 12.8 Å². The molecule has 3 aliphatic rings. The molecule has 3 saturated heterocycles. The maximum Gasteiger partial charge on any atom is 0.253 e. The highest BCUT2D eigenvalue weighted by Gasteiger charge is 2.52. The van der Waals surface area contributed by atoms with Gasteiger partial charge in [-0.05, 0) is 76.0 Å². The number of benzene rings is 1. The first-order chi connectivity index (χ1) is 14.5. The van der Waals surface area contributed by atoms with E-state index in [-0.39, 0.29) is 24.4 Å². The van der Waals surface area contributed by atoms with Gasteiger partial charge in [-0.25, -0.2) is 0 Å². The van der Waals surface area contributed by atoms with Gasteiger partial charge < -0.3 is 20.0 Å². The van der Waals surface area contributed by atoms with Gasteiger partial charge in [0, 0.05) is 30.1 Å². The molecule has 1 spiro atoms. The van der Waals surface area contributed by atoms with Gasteiger partial charge in [-0.3, -0.25) is 14.4 Å². The van der Waals surface area contributed by atoms with Crippen molar-refractivity contribution >= 4 is 29.3 Å². The summed E-state index contributed by atoms with van der Waals surface area (Å²) in [6.45, 7) is 4.36. The van der Waals surface area contributed by atoms with Crippen LogP contribution in [0.1, 0.15) is 48.9 Å². The average Bonchev–Trinajstić information content (AvgIpc) is 3.38. The largest absolute Gasteiger partial charge is 0.338 e. The van der Waals surface area contributed by atoms with E-state index >= 15 is 0 Å². The van der Waals surface area contributed by atoms with Gasteiger partial charge in [-0.2, -0.15) is 0 Å². The Labute approximate surface area is 182 Å². The van der Waals surface area contributed by atoms with Crippen LogP contribution in [-0.2, 0) is 9.59 Å². The van der Waals surface area contributed by atoms with Gasteiger partial charge in [-0.1, -0.05) is 11.6 Å². The number of carbonyl (C=O) groups is 3. The van der Waals surface area contributed by atoms with E-state index in [0.717, 1.165) is 26.1 Å². The van der Waals surface area contributed by atoms with Gasteiger partial charge in [0.25, 0.3) is 5.91 Å². The van der Waals surface area contributed by atoms with Crippen molar-refractivity contribution in [2.75, 3.05) is 39.4 Å². The van der Waals surface area contributed by atoms with E-state index in [2.05, 4.69) is 10.2 Å². The van der Waals surface area contributed by atoms with Crippen molar-refractivity contribution in [3.8, 4) is 0 Å². The minimum atomic E-state index is -0.818. The van der Waals surface area contributed by atoms with Gasteiger partial charge >= 0.3 is 0 Å². The van der Waals surface area contributed by atoms with Gasteiger partial charge in [0.05, 0.1) is 6.67 Å². The predicted molar refractivity (Wildman–Crippen MR) is 114 cm³/mol. The fourth-order valence-corrected chi connectivity index (χ4v) is 4.99. The molecule has 1 aromatic rings. The Kier molecular flexibility index (Phi) is 6.29. The number of rotatable bonds is 5. The maximum absolute atomic E-state index is 12.9. The second-order valence-corrected chi connectivity index (χ2v) is 8.91. The summed E-state index contributed by atoms with van der Waals surface area (Å²) in [6.07, 6.45) is 4.70. The van der Waals surface area contributed by atoms with E-state index in [9.17, 15) is 14.4 Å². The SMILES string of the molecule is O=C(c1ccc(Cl)cc1)N1CCC2(CC1)C(=O)NCN2C(=O)CCCN1CCCC1. The zero-order valence-electron chi connectivity index (χ0n) is 17.2. The molecule has 0 aromatic heterocycles. The van der Waals surface area contributed by atoms with Crippen molar-refractivity contribution in [3.05, 3.63) is 34.9 Å². The maximum atomic E-state index is 12.9. The Bertz CT molecular complexity index is 799. The van der Waals surface area contributed by atoms with Crippen LogP contribution in [0.4, 0.5) is 0 Å². The Hall–Kier alpha value is -2.12. The van der Waals surface area contributed by atoms with Crippen molar-refractivity contribution in [2.45, 2.75) is 44.1 Å². The van der Waals surface area contributed by atoms with Crippen LogP contribution in [0.25, 0.3) is 0 Å². The standard InChI is InChI=1S/C22H29ClN4O3/c23-18-7-5-17(6-8-18)20(29)26-14-9-22(10-15-26)21(30)24-16-27(22)19(28)4-3-13-25-11-1-2-12-25/h5-8H,1-4,9-16H2,(H,24,30). The zero-order valence-corrected chi connectivity index (χ0v) is 18.0. The summed E-state index contributed by atoms with van der Waals surface area (Å²) in [5, 5.41) is 3.45. The second-order valence-electron chi connectivity index (χ2n) is 8.47. The van der Waals surface area contributed by atoms with Crippen LogP contribution in [0.15, 0.2) is 24.3 Å². The number of hydrogen-bond donors (Lipinski definition) is 1. The van der Waals surface area contributed by atoms with Crippen molar-refractivity contribution in [1.82, 2.24) is 20.0 Å². The molecule has 0 radical (unpaired) electrons. The Morgan fingerprint density at radius 2 is 1.70 bits per heavy atom. The predicted octanol–water partition coefficient (Wildman–Crippen LogP) is 2.11. The number of hydrogen-bond acceptors (Lipinski definition) is 4. The number of nitrogens with zero attached hydrogens (tertiary/aromatic N) is 3. The van der Waals surface area contributed by atoms with E-state index < -0.39 is 5.54 Å². The van der Waals surface area contributed by atoms with Crippen molar-refractivity contribution in [1.29, 1.82) is 0 Å². The number of likely N-dealkylation sites (tertiary alicyclic amines) is 2. The van der Waals surface area contributed by atoms with Gasteiger partial charge in [0.1, 0.15) is 5.54 Å². The minimum absolute atomic E-state index is 0.0324. The molecule has 0 saturated carbocycles. The van der Waals surface area contributed by atoms with Gasteiger partial charge in [-0.15, -0.1) is 0 Å². The van der Waals surface area contributed by atoms with Crippen molar-refractivity contribution in [2.24, 2.45) is 0 Å². The van der Waals surface area contributed by atoms with Crippen molar-refractivity contribution < 1.29 is 14.4 Å². The van der Waals surface area contributed by atoms with Crippen LogP contribution < -0.4 is 5.32 Å². The van der Waals surface area contributed by atoms with Crippen molar-refractivity contribution in [3.63, 3.8) is 0 Å². The van der Waals surface area contributed by atoms with E-state index in [4.69, 9.17) is 11.6 Å². The first-order valence-electron chi connectivity index (χ1n) is 10.9. The lowest BCUT2D eigenvalue weighted by molar-refractivity contribution is -0.143. The molecule has 0 aliphatic carbocycles. The number of nitrogens with one attached hydrogen (secondary N) is 1. The molecule has 3 amide bonds. The summed E-state index contributed by atoms with van der Waals surface area (Å²) in [4.78, 5) is 44.3. The van der Waals surface area contributed by atoms with Crippen LogP contribution >= 0.6 is 11.6 Å². The smallest absolute Gasteiger partial charge is 0.253 e.